The molecule has 2 aromatic rings. The quantitative estimate of drug-likeness (QED) is 0.884. The summed E-state index contributed by atoms with van der Waals surface area (Å²) in [5, 5.41) is 14.5. The first kappa shape index (κ1) is 17.0. The van der Waals surface area contributed by atoms with Crippen LogP contribution in [0.2, 0.25) is 0 Å². The van der Waals surface area contributed by atoms with Crippen molar-refractivity contribution in [3.8, 4) is 6.07 Å². The minimum absolute atomic E-state index is 0.0811. The zero-order valence-electron chi connectivity index (χ0n) is 13.5. The van der Waals surface area contributed by atoms with E-state index in [9.17, 15) is 9.59 Å². The van der Waals surface area contributed by atoms with Gasteiger partial charge < -0.3 is 15.5 Å². The zero-order chi connectivity index (χ0) is 17.5. The van der Waals surface area contributed by atoms with Gasteiger partial charge in [-0.15, -0.1) is 0 Å². The lowest BCUT2D eigenvalue weighted by Gasteiger charge is -2.12. The third-order valence-electron chi connectivity index (χ3n) is 3.27. The molecule has 0 radical (unpaired) electrons. The molecule has 2 rings (SSSR count). The molecule has 2 aromatic carbocycles. The normalized spacial score (nSPS) is 9.71. The number of anilines is 2. The number of carbonyl (C=O) groups is 2. The van der Waals surface area contributed by atoms with Crippen LogP contribution in [0.3, 0.4) is 0 Å². The van der Waals surface area contributed by atoms with Crippen LogP contribution < -0.4 is 10.6 Å². The Labute approximate surface area is 140 Å². The van der Waals surface area contributed by atoms with Crippen LogP contribution in [-0.2, 0) is 4.79 Å². The summed E-state index contributed by atoms with van der Waals surface area (Å²) in [4.78, 5) is 25.4. The maximum Gasteiger partial charge on any atom is 0.253 e. The van der Waals surface area contributed by atoms with Gasteiger partial charge in [0.15, 0.2) is 0 Å². The minimum atomic E-state index is -0.228. The maximum atomic E-state index is 12.0. The van der Waals surface area contributed by atoms with Crippen molar-refractivity contribution < 1.29 is 9.59 Å². The number of hydrogen-bond acceptors (Lipinski definition) is 4. The van der Waals surface area contributed by atoms with E-state index in [1.165, 1.54) is 4.90 Å². The molecule has 0 aromatic heterocycles. The molecule has 0 atom stereocenters. The van der Waals surface area contributed by atoms with E-state index in [0.29, 0.717) is 16.8 Å². The van der Waals surface area contributed by atoms with Gasteiger partial charge in [-0.3, -0.25) is 9.59 Å². The molecule has 0 heterocycles. The molecule has 2 N–H and O–H groups in total. The van der Waals surface area contributed by atoms with Crippen LogP contribution in [0, 0.1) is 11.3 Å². The summed E-state index contributed by atoms with van der Waals surface area (Å²) in [6.45, 7) is 0.0811. The first-order valence-corrected chi connectivity index (χ1v) is 7.35. The molecule has 6 heteroatoms. The Morgan fingerprint density at radius 3 is 2.42 bits per heavy atom. The van der Waals surface area contributed by atoms with E-state index >= 15 is 0 Å². The number of amides is 2. The Balaban J connectivity index is 1.93. The van der Waals surface area contributed by atoms with E-state index < -0.39 is 0 Å². The average Bonchev–Trinajstić information content (AvgIpc) is 2.60. The highest BCUT2D eigenvalue weighted by molar-refractivity contribution is 5.97. The Morgan fingerprint density at radius 2 is 1.79 bits per heavy atom. The van der Waals surface area contributed by atoms with Crippen LogP contribution in [0.15, 0.2) is 48.5 Å². The van der Waals surface area contributed by atoms with Crippen molar-refractivity contribution in [3.05, 3.63) is 59.7 Å². The summed E-state index contributed by atoms with van der Waals surface area (Å²) in [6.07, 6.45) is 0. The van der Waals surface area contributed by atoms with Gasteiger partial charge in [-0.1, -0.05) is 6.07 Å². The monoisotopic (exact) mass is 322 g/mol. The van der Waals surface area contributed by atoms with Crippen molar-refractivity contribution in [1.82, 2.24) is 4.90 Å². The van der Waals surface area contributed by atoms with Gasteiger partial charge in [0.05, 0.1) is 18.2 Å². The molecular weight excluding hydrogens is 304 g/mol. The standard InChI is InChI=1S/C18H18N4O2/c1-22(2)18(24)14-4-3-5-16(10-14)21-17(23)12-20-15-8-6-13(11-19)7-9-15/h3-10,20H,12H2,1-2H3,(H,21,23). The highest BCUT2D eigenvalue weighted by Gasteiger charge is 2.09. The van der Waals surface area contributed by atoms with Crippen LogP contribution in [0.5, 0.6) is 0 Å². The Kier molecular flexibility index (Phi) is 5.53. The van der Waals surface area contributed by atoms with Crippen molar-refractivity contribution in [3.63, 3.8) is 0 Å². The van der Waals surface area contributed by atoms with Gasteiger partial charge in [-0.25, -0.2) is 0 Å². The van der Waals surface area contributed by atoms with Gasteiger partial charge in [-0.05, 0) is 42.5 Å². The molecule has 2 amide bonds. The molecule has 24 heavy (non-hydrogen) atoms. The molecule has 122 valence electrons. The summed E-state index contributed by atoms with van der Waals surface area (Å²) in [6, 6.07) is 15.7. The molecule has 0 saturated heterocycles. The first-order valence-electron chi connectivity index (χ1n) is 7.35. The van der Waals surface area contributed by atoms with Gasteiger partial charge in [-0.2, -0.15) is 5.26 Å². The van der Waals surface area contributed by atoms with Gasteiger partial charge in [0, 0.05) is 31.0 Å². The minimum Gasteiger partial charge on any atom is -0.376 e. The van der Waals surface area contributed by atoms with E-state index in [0.717, 1.165) is 5.69 Å². The molecule has 0 aliphatic rings. The van der Waals surface area contributed by atoms with E-state index in [4.69, 9.17) is 5.26 Å². The van der Waals surface area contributed by atoms with Gasteiger partial charge in [0.2, 0.25) is 5.91 Å². The maximum absolute atomic E-state index is 12.0. The summed E-state index contributed by atoms with van der Waals surface area (Å²) < 4.78 is 0. The fourth-order valence-corrected chi connectivity index (χ4v) is 2.04. The second kappa shape index (κ2) is 7.79. The number of nitrogens with zero attached hydrogens (tertiary/aromatic N) is 2. The molecule has 0 spiro atoms. The van der Waals surface area contributed by atoms with E-state index in [2.05, 4.69) is 10.6 Å². The summed E-state index contributed by atoms with van der Waals surface area (Å²) in [7, 11) is 3.35. The highest BCUT2D eigenvalue weighted by atomic mass is 16.2. The van der Waals surface area contributed by atoms with E-state index in [1.54, 1.807) is 62.6 Å². The largest absolute Gasteiger partial charge is 0.376 e. The molecule has 0 aliphatic carbocycles. The number of nitrogens with one attached hydrogen (secondary N) is 2. The van der Waals surface area contributed by atoms with Crippen molar-refractivity contribution in [2.24, 2.45) is 0 Å². The third-order valence-corrected chi connectivity index (χ3v) is 3.27. The van der Waals surface area contributed by atoms with Crippen LogP contribution in [0.1, 0.15) is 15.9 Å². The lowest BCUT2D eigenvalue weighted by molar-refractivity contribution is -0.114. The van der Waals surface area contributed by atoms with E-state index in [-0.39, 0.29) is 18.4 Å². The lowest BCUT2D eigenvalue weighted by Crippen LogP contribution is -2.23. The topological polar surface area (TPSA) is 85.2 Å². The lowest BCUT2D eigenvalue weighted by atomic mass is 10.2. The smallest absolute Gasteiger partial charge is 0.253 e. The highest BCUT2D eigenvalue weighted by Crippen LogP contribution is 2.12. The molecule has 0 bridgehead atoms. The number of benzene rings is 2. The number of hydrogen-bond donors (Lipinski definition) is 2. The molecular formula is C18H18N4O2. The van der Waals surface area contributed by atoms with Gasteiger partial charge in [0.25, 0.3) is 5.91 Å². The molecule has 0 fully saturated rings. The molecule has 0 saturated carbocycles. The number of nitriles is 1. The zero-order valence-corrected chi connectivity index (χ0v) is 13.5. The van der Waals surface area contributed by atoms with Crippen LogP contribution in [-0.4, -0.2) is 37.4 Å². The van der Waals surface area contributed by atoms with Crippen molar-refractivity contribution in [1.29, 1.82) is 5.26 Å². The summed E-state index contributed by atoms with van der Waals surface area (Å²) in [5.41, 5.74) is 2.39. The van der Waals surface area contributed by atoms with Crippen LogP contribution in [0.25, 0.3) is 0 Å². The number of rotatable bonds is 5. The predicted molar refractivity (Wildman–Crippen MR) is 92.7 cm³/mol. The van der Waals surface area contributed by atoms with Gasteiger partial charge >= 0.3 is 0 Å². The van der Waals surface area contributed by atoms with Crippen molar-refractivity contribution in [2.75, 3.05) is 31.3 Å². The molecule has 0 unspecified atom stereocenters. The molecule has 6 nitrogen and oxygen atoms in total. The summed E-state index contributed by atoms with van der Waals surface area (Å²) in [5.74, 6) is -0.351. The average molecular weight is 322 g/mol. The summed E-state index contributed by atoms with van der Waals surface area (Å²) >= 11 is 0. The fourth-order valence-electron chi connectivity index (χ4n) is 2.04. The third kappa shape index (κ3) is 4.58. The van der Waals surface area contributed by atoms with Crippen LogP contribution in [0.4, 0.5) is 11.4 Å². The second-order valence-corrected chi connectivity index (χ2v) is 5.37. The number of carbonyl (C=O) groups excluding carboxylic acids is 2. The Hall–Kier alpha value is -3.33. The first-order chi connectivity index (χ1) is 11.5. The van der Waals surface area contributed by atoms with Crippen LogP contribution >= 0.6 is 0 Å². The SMILES string of the molecule is CN(C)C(=O)c1cccc(NC(=O)CNc2ccc(C#N)cc2)c1. The molecule has 0 aliphatic heterocycles. The second-order valence-electron chi connectivity index (χ2n) is 5.37. The van der Waals surface area contributed by atoms with Crippen molar-refractivity contribution >= 4 is 23.2 Å². The predicted octanol–water partition coefficient (Wildman–Crippen LogP) is 2.31. The Bertz CT molecular complexity index is 776. The Morgan fingerprint density at radius 1 is 1.08 bits per heavy atom. The van der Waals surface area contributed by atoms with Gasteiger partial charge in [0.1, 0.15) is 0 Å². The van der Waals surface area contributed by atoms with Crippen molar-refractivity contribution in [2.45, 2.75) is 0 Å². The fraction of sp³-hybridized carbons (Fsp3) is 0.167. The van der Waals surface area contributed by atoms with E-state index in [1.807, 2.05) is 6.07 Å².